The minimum Gasteiger partial charge on any atom is -0.383 e. The number of hydrogen-bond donors (Lipinski definition) is 2. The van der Waals surface area contributed by atoms with Crippen molar-refractivity contribution < 1.29 is 14.3 Å². The van der Waals surface area contributed by atoms with Crippen LogP contribution in [0.15, 0.2) is 0 Å². The van der Waals surface area contributed by atoms with E-state index in [0.29, 0.717) is 13.2 Å². The molecule has 0 radical (unpaired) electrons. The van der Waals surface area contributed by atoms with E-state index < -0.39 is 0 Å². The first-order valence-corrected chi connectivity index (χ1v) is 7.05. The van der Waals surface area contributed by atoms with Crippen molar-refractivity contribution in [3.8, 4) is 0 Å². The Labute approximate surface area is 114 Å². The van der Waals surface area contributed by atoms with Crippen molar-refractivity contribution >= 4 is 6.03 Å². The number of methoxy groups -OCH3 is 1. The van der Waals surface area contributed by atoms with Gasteiger partial charge in [-0.3, -0.25) is 0 Å². The summed E-state index contributed by atoms with van der Waals surface area (Å²) in [6.45, 7) is 6.54. The van der Waals surface area contributed by atoms with E-state index in [9.17, 15) is 4.79 Å². The summed E-state index contributed by atoms with van der Waals surface area (Å²) < 4.78 is 11.0. The van der Waals surface area contributed by atoms with Crippen LogP contribution in [0.2, 0.25) is 0 Å². The van der Waals surface area contributed by atoms with E-state index in [-0.39, 0.29) is 17.7 Å². The van der Waals surface area contributed by atoms with E-state index in [4.69, 9.17) is 9.47 Å². The Balaban J connectivity index is 1.77. The third-order valence-electron chi connectivity index (χ3n) is 3.87. The van der Waals surface area contributed by atoms with Crippen LogP contribution in [0.25, 0.3) is 0 Å². The Kier molecular flexibility index (Phi) is 5.01. The molecule has 6 heteroatoms. The van der Waals surface area contributed by atoms with Gasteiger partial charge in [0.1, 0.15) is 0 Å². The van der Waals surface area contributed by atoms with Gasteiger partial charge in [0.05, 0.1) is 18.3 Å². The molecular weight excluding hydrogens is 246 g/mol. The van der Waals surface area contributed by atoms with Gasteiger partial charge < -0.3 is 25.0 Å². The fourth-order valence-corrected chi connectivity index (χ4v) is 2.80. The number of urea groups is 1. The predicted molar refractivity (Wildman–Crippen MR) is 72.2 cm³/mol. The molecule has 19 heavy (non-hydrogen) atoms. The third kappa shape index (κ3) is 3.81. The first kappa shape index (κ1) is 14.6. The maximum atomic E-state index is 11.9. The molecule has 2 rings (SSSR count). The zero-order valence-electron chi connectivity index (χ0n) is 11.9. The zero-order chi connectivity index (χ0) is 13.7. The summed E-state index contributed by atoms with van der Waals surface area (Å²) in [5.41, 5.74) is -0.0685. The van der Waals surface area contributed by atoms with E-state index in [0.717, 1.165) is 39.0 Å². The Bertz CT molecular complexity index is 304. The number of nitrogens with zero attached hydrogens (tertiary/aromatic N) is 1. The summed E-state index contributed by atoms with van der Waals surface area (Å²) in [6.07, 6.45) is 2.07. The lowest BCUT2D eigenvalue weighted by Crippen LogP contribution is -2.59. The highest BCUT2D eigenvalue weighted by atomic mass is 16.5. The molecule has 1 atom stereocenters. The summed E-state index contributed by atoms with van der Waals surface area (Å²) >= 11 is 0. The molecule has 2 heterocycles. The average molecular weight is 271 g/mol. The number of rotatable bonds is 3. The maximum absolute atomic E-state index is 11.9. The molecule has 110 valence electrons. The van der Waals surface area contributed by atoms with Crippen LogP contribution < -0.4 is 10.6 Å². The molecule has 0 aromatic carbocycles. The van der Waals surface area contributed by atoms with Crippen molar-refractivity contribution in [1.29, 1.82) is 0 Å². The molecule has 0 saturated carbocycles. The van der Waals surface area contributed by atoms with Crippen LogP contribution in [0.4, 0.5) is 4.79 Å². The lowest BCUT2D eigenvalue weighted by atomic mass is 9.89. The van der Waals surface area contributed by atoms with E-state index in [1.807, 2.05) is 4.90 Å². The predicted octanol–water partition coefficient (Wildman–Crippen LogP) is 0.185. The number of carbonyl (C=O) groups is 1. The van der Waals surface area contributed by atoms with Gasteiger partial charge in [-0.1, -0.05) is 0 Å². The molecule has 2 fully saturated rings. The van der Waals surface area contributed by atoms with Crippen LogP contribution in [-0.4, -0.2) is 69.1 Å². The van der Waals surface area contributed by atoms with Crippen molar-refractivity contribution in [2.45, 2.75) is 31.5 Å². The summed E-state index contributed by atoms with van der Waals surface area (Å²) in [6, 6.07) is 0.00344. The normalized spacial score (nSPS) is 26.4. The highest BCUT2D eigenvalue weighted by molar-refractivity contribution is 5.74. The molecule has 2 aliphatic rings. The van der Waals surface area contributed by atoms with Gasteiger partial charge >= 0.3 is 6.03 Å². The smallest absolute Gasteiger partial charge is 0.317 e. The summed E-state index contributed by atoms with van der Waals surface area (Å²) in [4.78, 5) is 13.8. The third-order valence-corrected chi connectivity index (χ3v) is 3.87. The molecule has 2 N–H and O–H groups in total. The number of piperidine rings is 1. The molecule has 0 aromatic heterocycles. The fourth-order valence-electron chi connectivity index (χ4n) is 2.80. The van der Waals surface area contributed by atoms with Crippen LogP contribution in [0, 0.1) is 0 Å². The van der Waals surface area contributed by atoms with Gasteiger partial charge in [0.15, 0.2) is 0 Å². The zero-order valence-corrected chi connectivity index (χ0v) is 11.9. The van der Waals surface area contributed by atoms with Crippen LogP contribution >= 0.6 is 0 Å². The highest BCUT2D eigenvalue weighted by Gasteiger charge is 2.39. The quantitative estimate of drug-likeness (QED) is 0.719. The van der Waals surface area contributed by atoms with Crippen molar-refractivity contribution in [3.63, 3.8) is 0 Å². The molecule has 1 unspecified atom stereocenters. The number of amides is 2. The van der Waals surface area contributed by atoms with Crippen LogP contribution in [-0.2, 0) is 9.47 Å². The molecule has 0 aromatic rings. The summed E-state index contributed by atoms with van der Waals surface area (Å²) in [7, 11) is 1.63. The summed E-state index contributed by atoms with van der Waals surface area (Å²) in [5.74, 6) is 0. The van der Waals surface area contributed by atoms with E-state index >= 15 is 0 Å². The Hall–Kier alpha value is -0.850. The van der Waals surface area contributed by atoms with Crippen molar-refractivity contribution in [3.05, 3.63) is 0 Å². The van der Waals surface area contributed by atoms with Gasteiger partial charge in [-0.15, -0.1) is 0 Å². The number of likely N-dealkylation sites (tertiary alicyclic amines) is 1. The molecular formula is C13H25N3O3. The number of carbonyl (C=O) groups excluding carboxylic acids is 1. The number of ether oxygens (including phenoxy) is 2. The second-order valence-corrected chi connectivity index (χ2v) is 5.45. The molecule has 0 bridgehead atoms. The molecule has 0 aliphatic carbocycles. The Morgan fingerprint density at radius 2 is 2.26 bits per heavy atom. The van der Waals surface area contributed by atoms with Gasteiger partial charge in [-0.25, -0.2) is 4.79 Å². The highest BCUT2D eigenvalue weighted by Crippen LogP contribution is 2.29. The van der Waals surface area contributed by atoms with Gasteiger partial charge in [0.2, 0.25) is 0 Å². The molecule has 2 aliphatic heterocycles. The number of nitrogens with one attached hydrogen (secondary N) is 2. The van der Waals surface area contributed by atoms with Crippen molar-refractivity contribution in [2.24, 2.45) is 0 Å². The molecule has 2 saturated heterocycles. The largest absolute Gasteiger partial charge is 0.383 e. The number of morpholine rings is 1. The van der Waals surface area contributed by atoms with E-state index in [2.05, 4.69) is 17.6 Å². The standard InChI is InChI=1S/C13H25N3O3/c1-11-9-14-10-13(19-11)3-6-16(7-4-13)12(17)15-5-8-18-2/h11,14H,3-10H2,1-2H3,(H,15,17). The van der Waals surface area contributed by atoms with E-state index in [1.165, 1.54) is 0 Å². The summed E-state index contributed by atoms with van der Waals surface area (Å²) in [5, 5.41) is 6.28. The second-order valence-electron chi connectivity index (χ2n) is 5.45. The minimum absolute atomic E-state index is 0.00344. The SMILES string of the molecule is COCCNC(=O)N1CCC2(CC1)CNCC(C)O2. The fraction of sp³-hybridized carbons (Fsp3) is 0.923. The first-order valence-electron chi connectivity index (χ1n) is 7.05. The van der Waals surface area contributed by atoms with Gasteiger partial charge in [-0.05, 0) is 19.8 Å². The van der Waals surface area contributed by atoms with Gasteiger partial charge in [0.25, 0.3) is 0 Å². The van der Waals surface area contributed by atoms with Crippen molar-refractivity contribution in [2.75, 3.05) is 46.4 Å². The lowest BCUT2D eigenvalue weighted by molar-refractivity contribution is -0.131. The van der Waals surface area contributed by atoms with E-state index in [1.54, 1.807) is 7.11 Å². The Morgan fingerprint density at radius 1 is 1.53 bits per heavy atom. The maximum Gasteiger partial charge on any atom is 0.317 e. The average Bonchev–Trinajstić information content (AvgIpc) is 2.39. The Morgan fingerprint density at radius 3 is 2.89 bits per heavy atom. The van der Waals surface area contributed by atoms with Crippen LogP contribution in [0.5, 0.6) is 0 Å². The topological polar surface area (TPSA) is 62.8 Å². The number of hydrogen-bond acceptors (Lipinski definition) is 4. The van der Waals surface area contributed by atoms with Crippen LogP contribution in [0.3, 0.4) is 0 Å². The monoisotopic (exact) mass is 271 g/mol. The molecule has 6 nitrogen and oxygen atoms in total. The lowest BCUT2D eigenvalue weighted by Gasteiger charge is -2.46. The van der Waals surface area contributed by atoms with Crippen LogP contribution in [0.1, 0.15) is 19.8 Å². The minimum atomic E-state index is -0.0685. The first-order chi connectivity index (χ1) is 9.15. The van der Waals surface area contributed by atoms with Crippen molar-refractivity contribution in [1.82, 2.24) is 15.5 Å². The molecule has 2 amide bonds. The molecule has 1 spiro atoms. The van der Waals surface area contributed by atoms with Gasteiger partial charge in [0, 0.05) is 39.8 Å². The van der Waals surface area contributed by atoms with Gasteiger partial charge in [-0.2, -0.15) is 0 Å². The second kappa shape index (κ2) is 6.54.